The second-order valence-corrected chi connectivity index (χ2v) is 5.63. The molecular formula is C21H25IN4O2. The first-order valence-electron chi connectivity index (χ1n) is 8.67. The van der Waals surface area contributed by atoms with Gasteiger partial charge in [0, 0.05) is 23.4 Å². The van der Waals surface area contributed by atoms with Gasteiger partial charge in [-0.05, 0) is 31.2 Å². The van der Waals surface area contributed by atoms with Crippen molar-refractivity contribution in [3.63, 3.8) is 0 Å². The summed E-state index contributed by atoms with van der Waals surface area (Å²) < 4.78 is 5.33. The van der Waals surface area contributed by atoms with Gasteiger partial charge in [-0.15, -0.1) is 30.4 Å². The molecule has 0 radical (unpaired) electrons. The van der Waals surface area contributed by atoms with Crippen LogP contribution in [0.2, 0.25) is 0 Å². The number of terminal acetylenes is 1. The number of nitrogens with one attached hydrogen (secondary N) is 3. The Morgan fingerprint density at radius 2 is 1.96 bits per heavy atom. The third kappa shape index (κ3) is 7.48. The van der Waals surface area contributed by atoms with Gasteiger partial charge in [-0.3, -0.25) is 4.79 Å². The molecule has 0 spiro atoms. The molecule has 2 aromatic rings. The van der Waals surface area contributed by atoms with Crippen LogP contribution in [0.1, 0.15) is 18.1 Å². The van der Waals surface area contributed by atoms with E-state index in [-0.39, 0.29) is 36.4 Å². The van der Waals surface area contributed by atoms with E-state index < -0.39 is 0 Å². The molecule has 1 amide bonds. The number of benzene rings is 2. The van der Waals surface area contributed by atoms with Gasteiger partial charge in [0.25, 0.3) is 0 Å². The average molecular weight is 492 g/mol. The van der Waals surface area contributed by atoms with Gasteiger partial charge in [-0.25, -0.2) is 4.99 Å². The molecule has 0 fully saturated rings. The second-order valence-electron chi connectivity index (χ2n) is 5.63. The number of aliphatic imine (C=N–C) groups is 1. The van der Waals surface area contributed by atoms with E-state index in [1.54, 1.807) is 25.3 Å². The van der Waals surface area contributed by atoms with E-state index in [0.717, 1.165) is 11.3 Å². The van der Waals surface area contributed by atoms with Crippen molar-refractivity contribution in [2.75, 3.05) is 25.5 Å². The van der Waals surface area contributed by atoms with Crippen molar-refractivity contribution in [1.29, 1.82) is 0 Å². The van der Waals surface area contributed by atoms with E-state index in [1.807, 2.05) is 37.3 Å². The average Bonchev–Trinajstić information content (AvgIpc) is 2.70. The zero-order valence-corrected chi connectivity index (χ0v) is 18.3. The Balaban J connectivity index is 0.00000392. The summed E-state index contributed by atoms with van der Waals surface area (Å²) >= 11 is 0. The van der Waals surface area contributed by atoms with Crippen LogP contribution in [0.4, 0.5) is 5.69 Å². The maximum Gasteiger partial charge on any atom is 0.243 e. The van der Waals surface area contributed by atoms with Crippen LogP contribution in [-0.4, -0.2) is 32.1 Å². The maximum absolute atomic E-state index is 12.2. The van der Waals surface area contributed by atoms with Gasteiger partial charge in [0.15, 0.2) is 5.96 Å². The smallest absolute Gasteiger partial charge is 0.243 e. The maximum atomic E-state index is 12.2. The van der Waals surface area contributed by atoms with Crippen LogP contribution >= 0.6 is 24.0 Å². The number of methoxy groups -OCH3 is 1. The topological polar surface area (TPSA) is 74.8 Å². The third-order valence-corrected chi connectivity index (χ3v) is 3.67. The fraction of sp³-hybridized carbons (Fsp3) is 0.238. The molecule has 0 saturated heterocycles. The summed E-state index contributed by atoms with van der Waals surface area (Å²) in [5.41, 5.74) is 2.34. The Labute approximate surface area is 183 Å². The zero-order chi connectivity index (χ0) is 19.5. The van der Waals surface area contributed by atoms with Gasteiger partial charge >= 0.3 is 0 Å². The molecule has 2 aromatic carbocycles. The van der Waals surface area contributed by atoms with Crippen LogP contribution in [0.25, 0.3) is 0 Å². The number of nitrogens with zero attached hydrogens (tertiary/aromatic N) is 1. The fourth-order valence-electron chi connectivity index (χ4n) is 2.40. The summed E-state index contributed by atoms with van der Waals surface area (Å²) in [7, 11) is 1.63. The van der Waals surface area contributed by atoms with E-state index in [4.69, 9.17) is 11.2 Å². The van der Waals surface area contributed by atoms with Crippen molar-refractivity contribution in [2.45, 2.75) is 13.5 Å². The molecule has 2 rings (SSSR count). The number of anilines is 1. The summed E-state index contributed by atoms with van der Waals surface area (Å²) in [6.07, 6.45) is 5.38. The van der Waals surface area contributed by atoms with Crippen LogP contribution in [0.15, 0.2) is 53.5 Å². The van der Waals surface area contributed by atoms with Gasteiger partial charge in [0.05, 0.1) is 20.2 Å². The molecule has 28 heavy (non-hydrogen) atoms. The minimum Gasteiger partial charge on any atom is -0.496 e. The predicted octanol–water partition coefficient (Wildman–Crippen LogP) is 2.99. The normalized spacial score (nSPS) is 10.2. The van der Waals surface area contributed by atoms with Crippen molar-refractivity contribution < 1.29 is 9.53 Å². The number of carbonyl (C=O) groups is 1. The van der Waals surface area contributed by atoms with Crippen LogP contribution in [0.5, 0.6) is 5.75 Å². The number of hydrogen-bond acceptors (Lipinski definition) is 3. The van der Waals surface area contributed by atoms with E-state index in [9.17, 15) is 4.79 Å². The molecule has 0 unspecified atom stereocenters. The van der Waals surface area contributed by atoms with Crippen molar-refractivity contribution in [3.8, 4) is 18.1 Å². The number of guanidine groups is 1. The summed E-state index contributed by atoms with van der Waals surface area (Å²) in [6.45, 7) is 3.17. The Kier molecular flexibility index (Phi) is 10.5. The van der Waals surface area contributed by atoms with E-state index in [2.05, 4.69) is 26.9 Å². The molecule has 148 valence electrons. The molecule has 3 N–H and O–H groups in total. The number of para-hydroxylation sites is 1. The molecule has 0 heterocycles. The first kappa shape index (κ1) is 23.3. The van der Waals surface area contributed by atoms with Gasteiger partial charge in [-0.1, -0.05) is 30.2 Å². The quantitative estimate of drug-likeness (QED) is 0.241. The molecule has 6 nitrogen and oxygen atoms in total. The Bertz CT molecular complexity index is 846. The molecular weight excluding hydrogens is 467 g/mol. The summed E-state index contributed by atoms with van der Waals surface area (Å²) in [5, 5.41) is 8.95. The summed E-state index contributed by atoms with van der Waals surface area (Å²) in [6, 6.07) is 14.8. The Morgan fingerprint density at radius 1 is 1.18 bits per heavy atom. The van der Waals surface area contributed by atoms with E-state index in [0.29, 0.717) is 30.3 Å². The van der Waals surface area contributed by atoms with Crippen molar-refractivity contribution in [1.82, 2.24) is 10.6 Å². The van der Waals surface area contributed by atoms with Crippen LogP contribution in [-0.2, 0) is 11.3 Å². The third-order valence-electron chi connectivity index (χ3n) is 3.67. The molecule has 0 atom stereocenters. The van der Waals surface area contributed by atoms with Gasteiger partial charge in [0.1, 0.15) is 5.75 Å². The van der Waals surface area contributed by atoms with E-state index in [1.165, 1.54) is 0 Å². The minimum atomic E-state index is -0.188. The summed E-state index contributed by atoms with van der Waals surface area (Å²) in [5.74, 6) is 3.69. The molecule has 0 bridgehead atoms. The minimum absolute atomic E-state index is 0. The lowest BCUT2D eigenvalue weighted by molar-refractivity contribution is -0.115. The van der Waals surface area contributed by atoms with Gasteiger partial charge in [0.2, 0.25) is 5.91 Å². The number of ether oxygens (including phenoxy) is 1. The highest BCUT2D eigenvalue weighted by molar-refractivity contribution is 14.0. The molecule has 0 aliphatic heterocycles. The van der Waals surface area contributed by atoms with Crippen LogP contribution < -0.4 is 20.7 Å². The van der Waals surface area contributed by atoms with Gasteiger partial charge in [-0.2, -0.15) is 0 Å². The number of carbonyl (C=O) groups excluding carboxylic acids is 1. The highest BCUT2D eigenvalue weighted by Gasteiger charge is 2.06. The van der Waals surface area contributed by atoms with Crippen molar-refractivity contribution >= 4 is 41.5 Å². The first-order valence-corrected chi connectivity index (χ1v) is 8.67. The monoisotopic (exact) mass is 492 g/mol. The molecule has 7 heteroatoms. The molecule has 0 aliphatic carbocycles. The second kappa shape index (κ2) is 12.6. The number of halogens is 1. The molecule has 0 aliphatic rings. The largest absolute Gasteiger partial charge is 0.496 e. The van der Waals surface area contributed by atoms with Crippen molar-refractivity contribution in [2.24, 2.45) is 4.99 Å². The molecule has 0 aromatic heterocycles. The summed E-state index contributed by atoms with van der Waals surface area (Å²) in [4.78, 5) is 16.7. The zero-order valence-electron chi connectivity index (χ0n) is 16.0. The van der Waals surface area contributed by atoms with Gasteiger partial charge < -0.3 is 20.7 Å². The SMILES string of the molecule is C#Cc1cccc(NC(=O)CNC(=NCc2ccccc2OC)NCC)c1.I. The fourth-order valence-corrected chi connectivity index (χ4v) is 2.40. The predicted molar refractivity (Wildman–Crippen MR) is 124 cm³/mol. The van der Waals surface area contributed by atoms with Crippen LogP contribution in [0, 0.1) is 12.3 Å². The molecule has 0 saturated carbocycles. The lowest BCUT2D eigenvalue weighted by Crippen LogP contribution is -2.41. The highest BCUT2D eigenvalue weighted by atomic mass is 127. The van der Waals surface area contributed by atoms with E-state index >= 15 is 0 Å². The lowest BCUT2D eigenvalue weighted by atomic mass is 10.2. The number of amides is 1. The Hall–Kier alpha value is -2.73. The van der Waals surface area contributed by atoms with Crippen LogP contribution in [0.3, 0.4) is 0 Å². The standard InChI is InChI=1S/C21H24N4O2.HI/c1-4-16-9-8-11-18(13-16)25-20(26)15-24-21(22-5-2)23-14-17-10-6-7-12-19(17)27-3;/h1,6-13H,5,14-15H2,2-3H3,(H,25,26)(H2,22,23,24);1H. The highest BCUT2D eigenvalue weighted by Crippen LogP contribution is 2.17. The Morgan fingerprint density at radius 3 is 2.68 bits per heavy atom. The number of rotatable bonds is 7. The van der Waals surface area contributed by atoms with Crippen molar-refractivity contribution in [3.05, 3.63) is 59.7 Å². The number of hydrogen-bond donors (Lipinski definition) is 3. The lowest BCUT2D eigenvalue weighted by Gasteiger charge is -2.12. The first-order chi connectivity index (χ1) is 13.2.